The molecule has 1 unspecified atom stereocenters. The minimum Gasteiger partial charge on any atom is -0.383 e. The highest BCUT2D eigenvalue weighted by atomic mass is 35.5. The van der Waals surface area contributed by atoms with Crippen molar-refractivity contribution in [2.24, 2.45) is 0 Å². The maximum absolute atomic E-state index is 12.5. The van der Waals surface area contributed by atoms with Crippen LogP contribution in [0.4, 0.5) is 0 Å². The smallest absolute Gasteiger partial charge is 0.246 e. The lowest BCUT2D eigenvalue weighted by Crippen LogP contribution is -2.42. The Labute approximate surface area is 152 Å². The third-order valence-electron chi connectivity index (χ3n) is 3.86. The Morgan fingerprint density at radius 3 is 2.58 bits per heavy atom. The highest BCUT2D eigenvalue weighted by molar-refractivity contribution is 7.91. The molecule has 0 saturated carbocycles. The van der Waals surface area contributed by atoms with E-state index in [1.54, 1.807) is 24.3 Å². The first-order valence-electron chi connectivity index (χ1n) is 7.46. The molecule has 1 fully saturated rings. The molecule has 24 heavy (non-hydrogen) atoms. The summed E-state index contributed by atoms with van der Waals surface area (Å²) >= 11 is 12.2. The Morgan fingerprint density at radius 2 is 2.04 bits per heavy atom. The van der Waals surface area contributed by atoms with Crippen LogP contribution in [0.1, 0.15) is 12.0 Å². The molecule has 1 aromatic carbocycles. The first-order chi connectivity index (χ1) is 11.3. The van der Waals surface area contributed by atoms with Gasteiger partial charge in [-0.2, -0.15) is 0 Å². The van der Waals surface area contributed by atoms with Crippen LogP contribution in [0, 0.1) is 0 Å². The van der Waals surface area contributed by atoms with E-state index >= 15 is 0 Å². The summed E-state index contributed by atoms with van der Waals surface area (Å²) < 4.78 is 28.4. The van der Waals surface area contributed by atoms with E-state index in [-0.39, 0.29) is 23.5 Å². The van der Waals surface area contributed by atoms with Crippen molar-refractivity contribution in [3.8, 4) is 0 Å². The van der Waals surface area contributed by atoms with Gasteiger partial charge in [-0.1, -0.05) is 29.3 Å². The Morgan fingerprint density at radius 1 is 1.38 bits per heavy atom. The van der Waals surface area contributed by atoms with Gasteiger partial charge in [0.1, 0.15) is 0 Å². The van der Waals surface area contributed by atoms with Crippen LogP contribution in [0.3, 0.4) is 0 Å². The van der Waals surface area contributed by atoms with Gasteiger partial charge in [0, 0.05) is 41.4 Å². The summed E-state index contributed by atoms with van der Waals surface area (Å²) in [7, 11) is -1.55. The summed E-state index contributed by atoms with van der Waals surface area (Å²) in [6, 6.07) is 4.76. The SMILES string of the molecule is COCCN(C(=O)/C=C/c1c(Cl)cccc1Cl)C1CCS(=O)(=O)C1. The second-order valence-corrected chi connectivity index (χ2v) is 8.59. The second-order valence-electron chi connectivity index (χ2n) is 5.55. The number of sulfone groups is 1. The minimum absolute atomic E-state index is 0.0108. The van der Waals surface area contributed by atoms with E-state index in [9.17, 15) is 13.2 Å². The number of hydrogen-bond acceptors (Lipinski definition) is 4. The molecule has 1 amide bonds. The molecule has 0 radical (unpaired) electrons. The summed E-state index contributed by atoms with van der Waals surface area (Å²) in [5.41, 5.74) is 0.555. The molecule has 0 aliphatic carbocycles. The van der Waals surface area contributed by atoms with Gasteiger partial charge in [0.15, 0.2) is 9.84 Å². The van der Waals surface area contributed by atoms with Crippen molar-refractivity contribution in [1.29, 1.82) is 0 Å². The lowest BCUT2D eigenvalue weighted by molar-refractivity contribution is -0.128. The molecule has 1 aliphatic heterocycles. The average molecular weight is 392 g/mol. The molecule has 0 aromatic heterocycles. The van der Waals surface area contributed by atoms with E-state index in [1.807, 2.05) is 0 Å². The van der Waals surface area contributed by atoms with Crippen molar-refractivity contribution >= 4 is 45.0 Å². The summed E-state index contributed by atoms with van der Waals surface area (Å²) in [5.74, 6) is -0.192. The fourth-order valence-electron chi connectivity index (χ4n) is 2.60. The largest absolute Gasteiger partial charge is 0.383 e. The zero-order valence-corrected chi connectivity index (χ0v) is 15.6. The van der Waals surface area contributed by atoms with E-state index in [0.29, 0.717) is 35.2 Å². The van der Waals surface area contributed by atoms with E-state index in [0.717, 1.165) is 0 Å². The maximum Gasteiger partial charge on any atom is 0.246 e. The first-order valence-corrected chi connectivity index (χ1v) is 10.0. The second kappa shape index (κ2) is 8.34. The summed E-state index contributed by atoms with van der Waals surface area (Å²) in [6.45, 7) is 0.666. The number of halogens is 2. The van der Waals surface area contributed by atoms with Crippen molar-refractivity contribution in [2.45, 2.75) is 12.5 Å². The van der Waals surface area contributed by atoms with Crippen LogP contribution < -0.4 is 0 Å². The van der Waals surface area contributed by atoms with Crippen molar-refractivity contribution in [3.05, 3.63) is 39.9 Å². The quantitative estimate of drug-likeness (QED) is 0.699. The number of hydrogen-bond donors (Lipinski definition) is 0. The Hall–Kier alpha value is -1.08. The van der Waals surface area contributed by atoms with Crippen LogP contribution >= 0.6 is 23.2 Å². The number of methoxy groups -OCH3 is 1. The van der Waals surface area contributed by atoms with Crippen molar-refractivity contribution in [2.75, 3.05) is 31.8 Å². The van der Waals surface area contributed by atoms with Crippen LogP contribution in [0.15, 0.2) is 24.3 Å². The number of rotatable bonds is 6. The summed E-state index contributed by atoms with van der Waals surface area (Å²) in [6.07, 6.45) is 3.36. The lowest BCUT2D eigenvalue weighted by atomic mass is 10.2. The highest BCUT2D eigenvalue weighted by Gasteiger charge is 2.33. The molecule has 8 heteroatoms. The van der Waals surface area contributed by atoms with Crippen molar-refractivity contribution in [1.82, 2.24) is 4.90 Å². The van der Waals surface area contributed by atoms with Gasteiger partial charge in [0.05, 0.1) is 18.1 Å². The Balaban J connectivity index is 2.17. The van der Waals surface area contributed by atoms with Gasteiger partial charge in [0.2, 0.25) is 5.91 Å². The lowest BCUT2D eigenvalue weighted by Gasteiger charge is -2.26. The normalized spacial score (nSPS) is 19.7. The molecule has 0 N–H and O–H groups in total. The minimum atomic E-state index is -3.08. The molecule has 1 aliphatic rings. The first kappa shape index (κ1) is 19.2. The van der Waals surface area contributed by atoms with Crippen LogP contribution in [0.5, 0.6) is 0 Å². The van der Waals surface area contributed by atoms with Gasteiger partial charge in [-0.15, -0.1) is 0 Å². The average Bonchev–Trinajstić information content (AvgIpc) is 2.87. The van der Waals surface area contributed by atoms with Crippen molar-refractivity contribution < 1.29 is 17.9 Å². The van der Waals surface area contributed by atoms with Crippen molar-refractivity contribution in [3.63, 3.8) is 0 Å². The number of amides is 1. The van der Waals surface area contributed by atoms with Crippen LogP contribution in [-0.4, -0.2) is 57.0 Å². The zero-order valence-electron chi connectivity index (χ0n) is 13.2. The molecule has 5 nitrogen and oxygen atoms in total. The van der Waals surface area contributed by atoms with Gasteiger partial charge in [-0.3, -0.25) is 4.79 Å². The number of ether oxygens (including phenoxy) is 1. The van der Waals surface area contributed by atoms with E-state index in [2.05, 4.69) is 0 Å². The maximum atomic E-state index is 12.5. The summed E-state index contributed by atoms with van der Waals surface area (Å²) in [4.78, 5) is 14.1. The van der Waals surface area contributed by atoms with E-state index in [4.69, 9.17) is 27.9 Å². The van der Waals surface area contributed by atoms with Gasteiger partial charge >= 0.3 is 0 Å². The molecule has 2 rings (SSSR count). The van der Waals surface area contributed by atoms with Gasteiger partial charge in [0.25, 0.3) is 0 Å². The molecule has 1 aromatic rings. The molecule has 0 spiro atoms. The topological polar surface area (TPSA) is 63.7 Å². The van der Waals surface area contributed by atoms with Crippen LogP contribution in [0.2, 0.25) is 10.0 Å². The fraction of sp³-hybridized carbons (Fsp3) is 0.438. The van der Waals surface area contributed by atoms with E-state index in [1.165, 1.54) is 18.1 Å². The third kappa shape index (κ3) is 4.96. The number of carbonyl (C=O) groups excluding carboxylic acids is 1. The monoisotopic (exact) mass is 391 g/mol. The predicted molar refractivity (Wildman–Crippen MR) is 96.1 cm³/mol. The summed E-state index contributed by atoms with van der Waals surface area (Å²) in [5, 5.41) is 0.886. The predicted octanol–water partition coefficient (Wildman–Crippen LogP) is 2.67. The highest BCUT2D eigenvalue weighted by Crippen LogP contribution is 2.26. The van der Waals surface area contributed by atoms with E-state index < -0.39 is 9.84 Å². The number of nitrogens with zero attached hydrogens (tertiary/aromatic N) is 1. The third-order valence-corrected chi connectivity index (χ3v) is 6.27. The standard InChI is InChI=1S/C16H19Cl2NO4S/c1-23-9-8-19(12-7-10-24(21,22)11-12)16(20)6-5-13-14(17)3-2-4-15(13)18/h2-6,12H,7-11H2,1H3/b6-5+. The molecule has 1 atom stereocenters. The molecule has 0 bridgehead atoms. The molecular weight excluding hydrogens is 373 g/mol. The van der Waals surface area contributed by atoms with Crippen LogP contribution in [-0.2, 0) is 19.4 Å². The van der Waals surface area contributed by atoms with Crippen LogP contribution in [0.25, 0.3) is 6.08 Å². The Kier molecular flexibility index (Phi) is 6.69. The molecule has 132 valence electrons. The number of carbonyl (C=O) groups is 1. The number of benzene rings is 1. The molecule has 1 heterocycles. The fourth-order valence-corrected chi connectivity index (χ4v) is 4.86. The zero-order chi connectivity index (χ0) is 17.7. The van der Waals surface area contributed by atoms with Gasteiger partial charge in [-0.25, -0.2) is 8.42 Å². The van der Waals surface area contributed by atoms with Gasteiger partial charge in [-0.05, 0) is 24.6 Å². The Bertz CT molecular complexity index is 713. The molecule has 1 saturated heterocycles. The molecular formula is C16H19Cl2NO4S. The van der Waals surface area contributed by atoms with Gasteiger partial charge < -0.3 is 9.64 Å².